The molecule has 2 aromatic carbocycles. The van der Waals surface area contributed by atoms with Gasteiger partial charge in [0.25, 0.3) is 11.5 Å². The smallest absolute Gasteiger partial charge is 0.328 e. The Hall–Kier alpha value is -3.60. The van der Waals surface area contributed by atoms with Gasteiger partial charge in [-0.2, -0.15) is 0 Å². The second-order valence-electron chi connectivity index (χ2n) is 6.48. The Morgan fingerprint density at radius 1 is 1.17 bits per heavy atom. The second-order valence-corrected chi connectivity index (χ2v) is 8.23. The molecule has 0 atom stereocenters. The summed E-state index contributed by atoms with van der Waals surface area (Å²) >= 11 is 0. The fraction of sp³-hybridized carbons (Fsp3) is 0.211. The van der Waals surface area contributed by atoms with Gasteiger partial charge in [-0.25, -0.2) is 13.2 Å². The third kappa shape index (κ3) is 4.35. The SMILES string of the molecule is CCn1c(=O)[nH]c2cc(C(=O)Nc3ccc(OC)c(NS(C)(=O)=O)c3)ccc2c1=O. The third-order valence-corrected chi connectivity index (χ3v) is 4.90. The predicted octanol–water partition coefficient (Wildman–Crippen LogP) is 1.34. The fourth-order valence-corrected chi connectivity index (χ4v) is 3.51. The number of nitrogens with zero attached hydrogens (tertiary/aromatic N) is 1. The monoisotopic (exact) mass is 432 g/mol. The van der Waals surface area contributed by atoms with Crippen molar-refractivity contribution in [3.63, 3.8) is 0 Å². The fourth-order valence-electron chi connectivity index (χ4n) is 2.95. The minimum Gasteiger partial charge on any atom is -0.495 e. The number of aromatic nitrogens is 2. The van der Waals surface area contributed by atoms with Gasteiger partial charge in [-0.1, -0.05) is 0 Å². The van der Waals surface area contributed by atoms with E-state index in [0.717, 1.165) is 10.8 Å². The Kier molecular flexibility index (Phi) is 5.65. The number of carbonyl (C=O) groups is 1. The molecule has 158 valence electrons. The third-order valence-electron chi connectivity index (χ3n) is 4.31. The standard InChI is InChI=1S/C19H20N4O6S/c1-4-23-18(25)13-7-5-11(9-14(13)21-19(23)26)17(24)20-12-6-8-16(29-2)15(10-12)22-30(3,27)28/h5-10,22H,4H2,1-3H3,(H,20,24)(H,21,26). The van der Waals surface area contributed by atoms with Gasteiger partial charge < -0.3 is 15.0 Å². The molecule has 0 fully saturated rings. The van der Waals surface area contributed by atoms with E-state index in [1.807, 2.05) is 0 Å². The van der Waals surface area contributed by atoms with Gasteiger partial charge in [0.05, 0.1) is 30.0 Å². The molecule has 0 aliphatic rings. The Morgan fingerprint density at radius 3 is 2.53 bits per heavy atom. The van der Waals surface area contributed by atoms with Gasteiger partial charge in [0.1, 0.15) is 5.75 Å². The van der Waals surface area contributed by atoms with E-state index >= 15 is 0 Å². The maximum Gasteiger partial charge on any atom is 0.328 e. The first kappa shape index (κ1) is 21.1. The van der Waals surface area contributed by atoms with Crippen molar-refractivity contribution in [3.05, 3.63) is 62.8 Å². The summed E-state index contributed by atoms with van der Waals surface area (Å²) in [6.45, 7) is 1.92. The Bertz CT molecular complexity index is 1360. The number of fused-ring (bicyclic) bond motifs is 1. The van der Waals surface area contributed by atoms with Crippen LogP contribution in [0.15, 0.2) is 46.0 Å². The molecule has 3 rings (SSSR count). The van der Waals surface area contributed by atoms with E-state index < -0.39 is 27.2 Å². The molecule has 0 spiro atoms. The molecule has 0 radical (unpaired) electrons. The van der Waals surface area contributed by atoms with Crippen LogP contribution in [0, 0.1) is 0 Å². The summed E-state index contributed by atoms with van der Waals surface area (Å²) in [5, 5.41) is 2.94. The van der Waals surface area contributed by atoms with Crippen LogP contribution in [0.1, 0.15) is 17.3 Å². The lowest BCUT2D eigenvalue weighted by molar-refractivity contribution is 0.102. The highest BCUT2D eigenvalue weighted by atomic mass is 32.2. The highest BCUT2D eigenvalue weighted by Crippen LogP contribution is 2.28. The van der Waals surface area contributed by atoms with Crippen molar-refractivity contribution in [2.45, 2.75) is 13.5 Å². The molecule has 3 N–H and O–H groups in total. The first-order valence-corrected chi connectivity index (χ1v) is 10.8. The number of hydrogen-bond acceptors (Lipinski definition) is 6. The molecule has 1 amide bonds. The lowest BCUT2D eigenvalue weighted by atomic mass is 10.1. The quantitative estimate of drug-likeness (QED) is 0.537. The van der Waals surface area contributed by atoms with E-state index in [2.05, 4.69) is 15.0 Å². The predicted molar refractivity (Wildman–Crippen MR) is 114 cm³/mol. The summed E-state index contributed by atoms with van der Waals surface area (Å²) in [4.78, 5) is 39.6. The van der Waals surface area contributed by atoms with Crippen LogP contribution >= 0.6 is 0 Å². The Labute approximate surface area is 171 Å². The van der Waals surface area contributed by atoms with E-state index in [1.165, 1.54) is 37.4 Å². The van der Waals surface area contributed by atoms with Crippen molar-refractivity contribution in [3.8, 4) is 5.75 Å². The van der Waals surface area contributed by atoms with Crippen LogP contribution in [-0.4, -0.2) is 37.2 Å². The summed E-state index contributed by atoms with van der Waals surface area (Å²) in [6, 6.07) is 8.82. The maximum absolute atomic E-state index is 12.6. The number of sulfonamides is 1. The first-order valence-electron chi connectivity index (χ1n) is 8.87. The topological polar surface area (TPSA) is 139 Å². The van der Waals surface area contributed by atoms with Gasteiger partial charge in [-0.3, -0.25) is 18.9 Å². The van der Waals surface area contributed by atoms with E-state index in [9.17, 15) is 22.8 Å². The number of carbonyl (C=O) groups excluding carboxylic acids is 1. The average molecular weight is 432 g/mol. The molecule has 30 heavy (non-hydrogen) atoms. The molecule has 1 heterocycles. The van der Waals surface area contributed by atoms with Gasteiger partial charge in [-0.05, 0) is 43.3 Å². The number of ether oxygens (including phenoxy) is 1. The van der Waals surface area contributed by atoms with Crippen LogP contribution in [0.3, 0.4) is 0 Å². The van der Waals surface area contributed by atoms with Crippen molar-refractivity contribution in [1.82, 2.24) is 9.55 Å². The zero-order valence-corrected chi connectivity index (χ0v) is 17.3. The molecule has 3 aromatic rings. The molecule has 0 bridgehead atoms. The average Bonchev–Trinajstić information content (AvgIpc) is 2.67. The number of anilines is 2. The number of H-pyrrole nitrogens is 1. The van der Waals surface area contributed by atoms with E-state index in [-0.39, 0.29) is 34.4 Å². The summed E-state index contributed by atoms with van der Waals surface area (Å²) in [6.07, 6.45) is 1.00. The Balaban J connectivity index is 1.94. The molecule has 0 unspecified atom stereocenters. The number of rotatable bonds is 6. The van der Waals surface area contributed by atoms with Crippen molar-refractivity contribution in [2.75, 3.05) is 23.4 Å². The largest absolute Gasteiger partial charge is 0.495 e. The summed E-state index contributed by atoms with van der Waals surface area (Å²) in [7, 11) is -2.16. The van der Waals surface area contributed by atoms with Crippen molar-refractivity contribution in [2.24, 2.45) is 0 Å². The first-order chi connectivity index (χ1) is 14.1. The molecule has 0 saturated heterocycles. The summed E-state index contributed by atoms with van der Waals surface area (Å²) < 4.78 is 31.6. The van der Waals surface area contributed by atoms with Gasteiger partial charge in [-0.15, -0.1) is 0 Å². The Morgan fingerprint density at radius 2 is 1.90 bits per heavy atom. The van der Waals surface area contributed by atoms with Crippen molar-refractivity contribution < 1.29 is 17.9 Å². The van der Waals surface area contributed by atoms with Gasteiger partial charge in [0.2, 0.25) is 10.0 Å². The molecule has 0 aliphatic carbocycles. The molecule has 10 nitrogen and oxygen atoms in total. The number of benzene rings is 2. The van der Waals surface area contributed by atoms with Gasteiger partial charge >= 0.3 is 5.69 Å². The van der Waals surface area contributed by atoms with Crippen molar-refractivity contribution in [1.29, 1.82) is 0 Å². The minimum atomic E-state index is -3.55. The highest BCUT2D eigenvalue weighted by molar-refractivity contribution is 7.92. The van der Waals surface area contributed by atoms with E-state index in [1.54, 1.807) is 13.0 Å². The van der Waals surface area contributed by atoms with Crippen LogP contribution in [0.2, 0.25) is 0 Å². The number of hydrogen-bond donors (Lipinski definition) is 3. The number of nitrogens with one attached hydrogen (secondary N) is 3. The van der Waals surface area contributed by atoms with Crippen LogP contribution in [0.5, 0.6) is 5.75 Å². The van der Waals surface area contributed by atoms with Crippen LogP contribution in [0.25, 0.3) is 10.9 Å². The molecule has 1 aromatic heterocycles. The molecule has 11 heteroatoms. The van der Waals surface area contributed by atoms with Gasteiger partial charge in [0, 0.05) is 17.8 Å². The summed E-state index contributed by atoms with van der Waals surface area (Å²) in [5.74, 6) is -0.221. The maximum atomic E-state index is 12.6. The zero-order chi connectivity index (χ0) is 22.1. The highest BCUT2D eigenvalue weighted by Gasteiger charge is 2.13. The lowest BCUT2D eigenvalue weighted by Crippen LogP contribution is -2.34. The summed E-state index contributed by atoms with van der Waals surface area (Å²) in [5.41, 5.74) is -0.0477. The zero-order valence-electron chi connectivity index (χ0n) is 16.5. The van der Waals surface area contributed by atoms with Crippen LogP contribution in [-0.2, 0) is 16.6 Å². The number of methoxy groups -OCH3 is 1. The number of amides is 1. The molecule has 0 aliphatic heterocycles. The molecule has 0 saturated carbocycles. The minimum absolute atomic E-state index is 0.167. The normalized spacial score (nSPS) is 11.3. The number of aromatic amines is 1. The molecular weight excluding hydrogens is 412 g/mol. The second kappa shape index (κ2) is 8.03. The van der Waals surface area contributed by atoms with E-state index in [0.29, 0.717) is 5.69 Å². The van der Waals surface area contributed by atoms with E-state index in [4.69, 9.17) is 4.74 Å². The van der Waals surface area contributed by atoms with Crippen LogP contribution < -0.4 is 26.0 Å². The van der Waals surface area contributed by atoms with Crippen LogP contribution in [0.4, 0.5) is 11.4 Å². The lowest BCUT2D eigenvalue weighted by Gasteiger charge is -2.12. The van der Waals surface area contributed by atoms with Gasteiger partial charge in [0.15, 0.2) is 0 Å². The van der Waals surface area contributed by atoms with Crippen molar-refractivity contribution >= 4 is 38.2 Å². The molecular formula is C19H20N4O6S.